The second kappa shape index (κ2) is 7.79. The lowest BCUT2D eigenvalue weighted by Gasteiger charge is -1.92. The van der Waals surface area contributed by atoms with Crippen LogP contribution in [-0.2, 0) is 9.47 Å². The summed E-state index contributed by atoms with van der Waals surface area (Å²) in [6, 6.07) is 0. The number of hydrogen-bond acceptors (Lipinski definition) is 2. The SMILES string of the molecule is C=CCOCC1CO1.C=CCl. The van der Waals surface area contributed by atoms with Crippen molar-refractivity contribution in [1.82, 2.24) is 0 Å². The standard InChI is InChI=1S/C6H10O2.C2H3Cl/c1-2-3-7-4-6-5-8-6;1-2-3/h2,6H,1,3-5H2;2H,1H2. The summed E-state index contributed by atoms with van der Waals surface area (Å²) in [4.78, 5) is 0. The second-order valence-corrected chi connectivity index (χ2v) is 2.24. The van der Waals surface area contributed by atoms with Gasteiger partial charge in [0.05, 0.1) is 19.8 Å². The average molecular weight is 177 g/mol. The maximum atomic E-state index is 5.06. The van der Waals surface area contributed by atoms with Crippen LogP contribution < -0.4 is 0 Å². The van der Waals surface area contributed by atoms with E-state index in [4.69, 9.17) is 21.1 Å². The van der Waals surface area contributed by atoms with Crippen molar-refractivity contribution < 1.29 is 9.47 Å². The van der Waals surface area contributed by atoms with E-state index < -0.39 is 0 Å². The van der Waals surface area contributed by atoms with Crippen LogP contribution in [0.1, 0.15) is 0 Å². The molecule has 1 rings (SSSR count). The topological polar surface area (TPSA) is 21.8 Å². The molecular weight excluding hydrogens is 164 g/mol. The Bertz CT molecular complexity index is 111. The monoisotopic (exact) mass is 176 g/mol. The summed E-state index contributed by atoms with van der Waals surface area (Å²) in [6.07, 6.45) is 2.12. The molecule has 0 N–H and O–H groups in total. The molecule has 2 nitrogen and oxygen atoms in total. The van der Waals surface area contributed by atoms with Crippen molar-refractivity contribution in [3.8, 4) is 0 Å². The highest BCUT2D eigenvalue weighted by Gasteiger charge is 2.21. The van der Waals surface area contributed by atoms with Crippen molar-refractivity contribution in [2.75, 3.05) is 19.8 Å². The zero-order chi connectivity index (χ0) is 8.53. The summed E-state index contributed by atoms with van der Waals surface area (Å²) in [5.41, 5.74) is 1.22. The van der Waals surface area contributed by atoms with Crippen LogP contribution in [0.25, 0.3) is 0 Å². The molecule has 1 aliphatic heterocycles. The summed E-state index contributed by atoms with van der Waals surface area (Å²) in [7, 11) is 0. The minimum atomic E-state index is 0.384. The summed E-state index contributed by atoms with van der Waals surface area (Å²) in [5.74, 6) is 0. The first-order valence-corrected chi connectivity index (χ1v) is 3.80. The van der Waals surface area contributed by atoms with Gasteiger partial charge < -0.3 is 9.47 Å². The van der Waals surface area contributed by atoms with Crippen LogP contribution in [0.2, 0.25) is 0 Å². The fourth-order valence-electron chi connectivity index (χ4n) is 0.447. The third kappa shape index (κ3) is 9.69. The fraction of sp³-hybridized carbons (Fsp3) is 0.500. The molecule has 0 spiro atoms. The number of epoxide rings is 1. The van der Waals surface area contributed by atoms with Gasteiger partial charge in [-0.2, -0.15) is 0 Å². The van der Waals surface area contributed by atoms with Gasteiger partial charge in [-0.3, -0.25) is 0 Å². The van der Waals surface area contributed by atoms with Crippen LogP contribution in [0, 0.1) is 0 Å². The molecule has 0 aromatic carbocycles. The van der Waals surface area contributed by atoms with Gasteiger partial charge in [-0.05, 0) is 5.54 Å². The molecule has 1 atom stereocenters. The van der Waals surface area contributed by atoms with Gasteiger partial charge in [0.25, 0.3) is 0 Å². The Hall–Kier alpha value is -0.310. The summed E-state index contributed by atoms with van der Waals surface area (Å²) in [6.45, 7) is 8.88. The molecule has 0 bridgehead atoms. The molecule has 11 heavy (non-hydrogen) atoms. The van der Waals surface area contributed by atoms with Crippen molar-refractivity contribution in [3.05, 3.63) is 24.8 Å². The summed E-state index contributed by atoms with van der Waals surface area (Å²) < 4.78 is 9.96. The molecule has 1 fully saturated rings. The van der Waals surface area contributed by atoms with Crippen LogP contribution in [0.3, 0.4) is 0 Å². The van der Waals surface area contributed by atoms with E-state index in [1.807, 2.05) is 0 Å². The first-order valence-electron chi connectivity index (χ1n) is 3.36. The van der Waals surface area contributed by atoms with E-state index in [-0.39, 0.29) is 0 Å². The minimum absolute atomic E-state index is 0.384. The van der Waals surface area contributed by atoms with E-state index in [0.29, 0.717) is 12.7 Å². The third-order valence-corrected chi connectivity index (χ3v) is 0.942. The molecule has 0 aliphatic carbocycles. The lowest BCUT2D eigenvalue weighted by atomic mass is 10.5. The van der Waals surface area contributed by atoms with Crippen molar-refractivity contribution in [3.63, 3.8) is 0 Å². The molecule has 0 radical (unpaired) electrons. The Morgan fingerprint density at radius 3 is 2.55 bits per heavy atom. The van der Waals surface area contributed by atoms with Crippen LogP contribution in [0.15, 0.2) is 24.8 Å². The number of ether oxygens (including phenoxy) is 2. The van der Waals surface area contributed by atoms with Gasteiger partial charge >= 0.3 is 0 Å². The molecule has 0 saturated carbocycles. The van der Waals surface area contributed by atoms with Gasteiger partial charge in [-0.25, -0.2) is 0 Å². The quantitative estimate of drug-likeness (QED) is 0.371. The van der Waals surface area contributed by atoms with Crippen LogP contribution in [0.4, 0.5) is 0 Å². The lowest BCUT2D eigenvalue weighted by molar-refractivity contribution is 0.141. The van der Waals surface area contributed by atoms with E-state index in [0.717, 1.165) is 13.2 Å². The molecule has 1 aliphatic rings. The van der Waals surface area contributed by atoms with Crippen molar-refractivity contribution in [1.29, 1.82) is 0 Å². The normalized spacial score (nSPS) is 19.5. The number of hydrogen-bond donors (Lipinski definition) is 0. The molecule has 0 amide bonds. The first-order chi connectivity index (χ1) is 5.35. The lowest BCUT2D eigenvalue weighted by Crippen LogP contribution is -2.00. The maximum Gasteiger partial charge on any atom is 0.104 e. The Labute approximate surface area is 72.4 Å². The number of halogens is 1. The second-order valence-electron chi connectivity index (χ2n) is 1.94. The Morgan fingerprint density at radius 2 is 2.18 bits per heavy atom. The smallest absolute Gasteiger partial charge is 0.104 e. The maximum absolute atomic E-state index is 5.06. The van der Waals surface area contributed by atoms with Crippen LogP contribution in [0.5, 0.6) is 0 Å². The molecule has 1 saturated heterocycles. The van der Waals surface area contributed by atoms with Gasteiger partial charge in [0.15, 0.2) is 0 Å². The summed E-state index contributed by atoms with van der Waals surface area (Å²) in [5, 5.41) is 0. The van der Waals surface area contributed by atoms with Gasteiger partial charge in [0.2, 0.25) is 0 Å². The highest BCUT2D eigenvalue weighted by atomic mass is 35.5. The van der Waals surface area contributed by atoms with E-state index >= 15 is 0 Å². The molecule has 0 aromatic rings. The van der Waals surface area contributed by atoms with Crippen LogP contribution >= 0.6 is 11.6 Å². The molecule has 1 heterocycles. The predicted molar refractivity (Wildman–Crippen MR) is 46.8 cm³/mol. The van der Waals surface area contributed by atoms with E-state index in [1.165, 1.54) is 5.54 Å². The molecule has 3 heteroatoms. The van der Waals surface area contributed by atoms with Crippen LogP contribution in [-0.4, -0.2) is 25.9 Å². The third-order valence-electron chi connectivity index (χ3n) is 0.942. The number of rotatable bonds is 4. The molecule has 0 aromatic heterocycles. The Kier molecular flexibility index (Phi) is 7.57. The molecular formula is C8H13ClO2. The fourth-order valence-corrected chi connectivity index (χ4v) is 0.447. The zero-order valence-corrected chi connectivity index (χ0v) is 7.22. The predicted octanol–water partition coefficient (Wildman–Crippen LogP) is 1.96. The van der Waals surface area contributed by atoms with Crippen molar-refractivity contribution in [2.45, 2.75) is 6.10 Å². The Morgan fingerprint density at radius 1 is 1.64 bits per heavy atom. The molecule has 1 unspecified atom stereocenters. The van der Waals surface area contributed by atoms with Gasteiger partial charge in [0, 0.05) is 0 Å². The average Bonchev–Trinajstić information content (AvgIpc) is 2.74. The molecule has 64 valence electrons. The highest BCUT2D eigenvalue weighted by molar-refractivity contribution is 6.25. The van der Waals surface area contributed by atoms with Crippen molar-refractivity contribution in [2.24, 2.45) is 0 Å². The van der Waals surface area contributed by atoms with E-state index in [9.17, 15) is 0 Å². The van der Waals surface area contributed by atoms with Gasteiger partial charge in [-0.1, -0.05) is 24.3 Å². The minimum Gasteiger partial charge on any atom is -0.375 e. The highest BCUT2D eigenvalue weighted by Crippen LogP contribution is 2.07. The largest absolute Gasteiger partial charge is 0.375 e. The van der Waals surface area contributed by atoms with E-state index in [1.54, 1.807) is 6.08 Å². The summed E-state index contributed by atoms with van der Waals surface area (Å²) >= 11 is 4.76. The van der Waals surface area contributed by atoms with E-state index in [2.05, 4.69) is 13.2 Å². The first kappa shape index (κ1) is 10.7. The van der Waals surface area contributed by atoms with Crippen molar-refractivity contribution >= 4 is 11.6 Å². The van der Waals surface area contributed by atoms with Gasteiger partial charge in [-0.15, -0.1) is 6.58 Å². The zero-order valence-electron chi connectivity index (χ0n) is 6.46. The Balaban J connectivity index is 0.000000292. The van der Waals surface area contributed by atoms with Gasteiger partial charge in [0.1, 0.15) is 6.10 Å².